The average Bonchev–Trinajstić information content (AvgIpc) is 2.71. The maximum atomic E-state index is 6.18. The Bertz CT molecular complexity index is 957. The van der Waals surface area contributed by atoms with Gasteiger partial charge in [-0.3, -0.25) is 0 Å². The number of hydrogen-bond donors (Lipinski definition) is 2. The zero-order valence-electron chi connectivity index (χ0n) is 14.8. The number of halogens is 1. The van der Waals surface area contributed by atoms with Crippen molar-refractivity contribution in [3.8, 4) is 22.3 Å². The van der Waals surface area contributed by atoms with Crippen LogP contribution in [-0.2, 0) is 0 Å². The Morgan fingerprint density at radius 1 is 0.519 bits per heavy atom. The molecule has 3 N–H and O–H groups in total. The van der Waals surface area contributed by atoms with Crippen LogP contribution in [0.3, 0.4) is 0 Å². The summed E-state index contributed by atoms with van der Waals surface area (Å²) in [6.07, 6.45) is 0. The fraction of sp³-hybridized carbons (Fsp3) is 0. The van der Waals surface area contributed by atoms with Crippen molar-refractivity contribution in [2.45, 2.75) is 0 Å². The van der Waals surface area contributed by atoms with Crippen molar-refractivity contribution in [3.05, 3.63) is 103 Å². The molecule has 0 atom stereocenters. The average molecular weight is 373 g/mol. The zero-order chi connectivity index (χ0) is 17.8. The third kappa shape index (κ3) is 3.97. The predicted octanol–water partition coefficient (Wildman–Crippen LogP) is 6.77. The summed E-state index contributed by atoms with van der Waals surface area (Å²) in [6, 6.07) is 35.1. The smallest absolute Gasteiger partial charge is 0.0618 e. The zero-order valence-corrected chi connectivity index (χ0v) is 15.6. The van der Waals surface area contributed by atoms with E-state index in [1.54, 1.807) is 0 Å². The molecule has 4 rings (SSSR count). The second-order valence-electron chi connectivity index (χ2n) is 6.17. The van der Waals surface area contributed by atoms with Crippen molar-refractivity contribution in [1.29, 1.82) is 0 Å². The van der Waals surface area contributed by atoms with Gasteiger partial charge in [0.2, 0.25) is 0 Å². The van der Waals surface area contributed by atoms with E-state index in [1.165, 1.54) is 11.1 Å². The van der Waals surface area contributed by atoms with Crippen molar-refractivity contribution in [2.24, 2.45) is 0 Å². The summed E-state index contributed by atoms with van der Waals surface area (Å²) < 4.78 is 0. The lowest BCUT2D eigenvalue weighted by atomic mass is 9.95. The van der Waals surface area contributed by atoms with Crippen LogP contribution in [0.1, 0.15) is 0 Å². The largest absolute Gasteiger partial charge is 0.397 e. The summed E-state index contributed by atoms with van der Waals surface area (Å²) in [7, 11) is 0. The number of nitrogens with one attached hydrogen (secondary N) is 1. The molecule has 2 nitrogen and oxygen atoms in total. The third-order valence-corrected chi connectivity index (χ3v) is 4.45. The van der Waals surface area contributed by atoms with Gasteiger partial charge in [0.25, 0.3) is 0 Å². The molecule has 0 aliphatic rings. The van der Waals surface area contributed by atoms with Crippen LogP contribution in [0.4, 0.5) is 17.1 Å². The molecule has 0 spiro atoms. The van der Waals surface area contributed by atoms with Crippen molar-refractivity contribution in [1.82, 2.24) is 0 Å². The van der Waals surface area contributed by atoms with Crippen LogP contribution in [0, 0.1) is 0 Å². The highest BCUT2D eigenvalue weighted by Crippen LogP contribution is 2.39. The second kappa shape index (κ2) is 8.43. The molecule has 0 aliphatic heterocycles. The van der Waals surface area contributed by atoms with E-state index in [1.807, 2.05) is 36.4 Å². The highest BCUT2D eigenvalue weighted by molar-refractivity contribution is 5.94. The summed E-state index contributed by atoms with van der Waals surface area (Å²) in [5.41, 5.74) is 13.5. The SMILES string of the molecule is Cl.Nc1ccccc1Nc1c(-c2ccccc2)cccc1-c1ccccc1. The van der Waals surface area contributed by atoms with E-state index in [9.17, 15) is 0 Å². The van der Waals surface area contributed by atoms with Crippen LogP contribution in [0.2, 0.25) is 0 Å². The Labute approximate surface area is 166 Å². The number of anilines is 3. The molecule has 4 aromatic rings. The summed E-state index contributed by atoms with van der Waals surface area (Å²) >= 11 is 0. The standard InChI is InChI=1S/C24H20N2.ClH/c25-22-16-7-8-17-23(22)26-24-20(18-10-3-1-4-11-18)14-9-15-21(24)19-12-5-2-6-13-19;/h1-17,26H,25H2;1H. The lowest BCUT2D eigenvalue weighted by Crippen LogP contribution is -1.99. The number of nitrogens with two attached hydrogens (primary N) is 1. The highest BCUT2D eigenvalue weighted by Gasteiger charge is 2.13. The minimum absolute atomic E-state index is 0. The quantitative estimate of drug-likeness (QED) is 0.388. The summed E-state index contributed by atoms with van der Waals surface area (Å²) in [5, 5.41) is 3.58. The van der Waals surface area contributed by atoms with Gasteiger partial charge in [0.1, 0.15) is 0 Å². The molecular formula is C24H21ClN2. The van der Waals surface area contributed by atoms with Crippen LogP contribution in [0.15, 0.2) is 103 Å². The van der Waals surface area contributed by atoms with Gasteiger partial charge in [0, 0.05) is 11.1 Å². The minimum atomic E-state index is 0. The molecule has 3 heteroatoms. The van der Waals surface area contributed by atoms with Gasteiger partial charge in [-0.2, -0.15) is 0 Å². The van der Waals surface area contributed by atoms with E-state index in [2.05, 4.69) is 72.0 Å². The van der Waals surface area contributed by atoms with Gasteiger partial charge < -0.3 is 11.1 Å². The molecular weight excluding hydrogens is 352 g/mol. The lowest BCUT2D eigenvalue weighted by Gasteiger charge is -2.18. The molecule has 134 valence electrons. The van der Waals surface area contributed by atoms with E-state index >= 15 is 0 Å². The molecule has 0 bridgehead atoms. The minimum Gasteiger partial charge on any atom is -0.397 e. The Morgan fingerprint density at radius 2 is 1.00 bits per heavy atom. The molecule has 0 unspecified atom stereocenters. The third-order valence-electron chi connectivity index (χ3n) is 4.45. The van der Waals surface area contributed by atoms with Crippen LogP contribution < -0.4 is 11.1 Å². The molecule has 0 fully saturated rings. The lowest BCUT2D eigenvalue weighted by molar-refractivity contribution is 1.52. The van der Waals surface area contributed by atoms with E-state index in [0.717, 1.165) is 28.2 Å². The van der Waals surface area contributed by atoms with Gasteiger partial charge in [0.05, 0.1) is 17.1 Å². The molecule has 27 heavy (non-hydrogen) atoms. The van der Waals surface area contributed by atoms with Crippen LogP contribution in [0.5, 0.6) is 0 Å². The molecule has 0 aliphatic carbocycles. The van der Waals surface area contributed by atoms with Gasteiger partial charge in [-0.25, -0.2) is 0 Å². The van der Waals surface area contributed by atoms with Gasteiger partial charge in [-0.05, 0) is 23.3 Å². The number of benzene rings is 4. The summed E-state index contributed by atoms with van der Waals surface area (Å²) in [5.74, 6) is 0. The first kappa shape index (κ1) is 18.6. The Balaban J connectivity index is 0.00000210. The first-order valence-electron chi connectivity index (χ1n) is 8.68. The fourth-order valence-corrected chi connectivity index (χ4v) is 3.15. The van der Waals surface area contributed by atoms with E-state index in [4.69, 9.17) is 5.73 Å². The van der Waals surface area contributed by atoms with E-state index in [-0.39, 0.29) is 12.4 Å². The first-order chi connectivity index (χ1) is 12.8. The van der Waals surface area contributed by atoms with Crippen LogP contribution in [0.25, 0.3) is 22.3 Å². The molecule has 0 radical (unpaired) electrons. The van der Waals surface area contributed by atoms with Crippen LogP contribution >= 0.6 is 12.4 Å². The molecule has 0 heterocycles. The van der Waals surface area contributed by atoms with Gasteiger partial charge >= 0.3 is 0 Å². The van der Waals surface area contributed by atoms with Gasteiger partial charge in [0.15, 0.2) is 0 Å². The summed E-state index contributed by atoms with van der Waals surface area (Å²) in [6.45, 7) is 0. The monoisotopic (exact) mass is 372 g/mol. The number of rotatable bonds is 4. The van der Waals surface area contributed by atoms with Gasteiger partial charge in [-0.15, -0.1) is 12.4 Å². The molecule has 0 saturated carbocycles. The van der Waals surface area contributed by atoms with Crippen molar-refractivity contribution in [2.75, 3.05) is 11.1 Å². The maximum absolute atomic E-state index is 6.18. The van der Waals surface area contributed by atoms with Crippen LogP contribution in [-0.4, -0.2) is 0 Å². The Morgan fingerprint density at radius 3 is 1.52 bits per heavy atom. The summed E-state index contributed by atoms with van der Waals surface area (Å²) in [4.78, 5) is 0. The van der Waals surface area contributed by atoms with Crippen molar-refractivity contribution in [3.63, 3.8) is 0 Å². The number of hydrogen-bond acceptors (Lipinski definition) is 2. The molecule has 4 aromatic carbocycles. The maximum Gasteiger partial charge on any atom is 0.0618 e. The number of para-hydroxylation sites is 3. The second-order valence-corrected chi connectivity index (χ2v) is 6.17. The van der Waals surface area contributed by atoms with E-state index in [0.29, 0.717) is 0 Å². The first-order valence-corrected chi connectivity index (χ1v) is 8.68. The number of nitrogen functional groups attached to an aromatic ring is 1. The molecule has 0 saturated heterocycles. The normalized spacial score (nSPS) is 10.1. The Kier molecular flexibility index (Phi) is 5.80. The predicted molar refractivity (Wildman–Crippen MR) is 119 cm³/mol. The highest BCUT2D eigenvalue weighted by atomic mass is 35.5. The van der Waals surface area contributed by atoms with E-state index < -0.39 is 0 Å². The molecule has 0 amide bonds. The van der Waals surface area contributed by atoms with Crippen molar-refractivity contribution >= 4 is 29.5 Å². The topological polar surface area (TPSA) is 38.0 Å². The van der Waals surface area contributed by atoms with Crippen molar-refractivity contribution < 1.29 is 0 Å². The van der Waals surface area contributed by atoms with Gasteiger partial charge in [-0.1, -0.05) is 91.0 Å². The molecule has 0 aromatic heterocycles. The fourth-order valence-electron chi connectivity index (χ4n) is 3.15. The Hall–Kier alpha value is -3.23.